The lowest BCUT2D eigenvalue weighted by atomic mass is 9.85. The summed E-state index contributed by atoms with van der Waals surface area (Å²) in [5.74, 6) is 0.948. The Hall–Kier alpha value is -2.36. The quantitative estimate of drug-likeness (QED) is 0.334. The third-order valence-corrected chi connectivity index (χ3v) is 6.11. The van der Waals surface area contributed by atoms with Gasteiger partial charge >= 0.3 is 0 Å². The monoisotopic (exact) mass is 551 g/mol. The van der Waals surface area contributed by atoms with Crippen molar-refractivity contribution >= 4 is 47.2 Å². The maximum atomic E-state index is 14.1. The molecule has 0 atom stereocenters. The fourth-order valence-electron chi connectivity index (χ4n) is 4.05. The molecule has 172 valence electrons. The van der Waals surface area contributed by atoms with Crippen LogP contribution in [0, 0.1) is 11.7 Å². The van der Waals surface area contributed by atoms with Gasteiger partial charge in [0, 0.05) is 51.4 Å². The minimum atomic E-state index is -0.178. The third-order valence-electron chi connectivity index (χ3n) is 6.11. The van der Waals surface area contributed by atoms with Crippen molar-refractivity contribution in [2.75, 3.05) is 43.4 Å². The SMILES string of the molecule is CN=C(NCc1cccc(NC(=O)C2CCC2)c1)N1CCN(c2ccccc2F)CC1.I. The molecular weight excluding hydrogens is 520 g/mol. The molecule has 0 bridgehead atoms. The first-order valence-corrected chi connectivity index (χ1v) is 11.0. The molecule has 2 fully saturated rings. The lowest BCUT2D eigenvalue weighted by Gasteiger charge is -2.37. The number of nitrogens with zero attached hydrogens (tertiary/aromatic N) is 3. The summed E-state index contributed by atoms with van der Waals surface area (Å²) >= 11 is 0. The zero-order chi connectivity index (χ0) is 21.6. The summed E-state index contributed by atoms with van der Waals surface area (Å²) in [5.41, 5.74) is 2.58. The van der Waals surface area contributed by atoms with Gasteiger partial charge in [0.1, 0.15) is 5.82 Å². The summed E-state index contributed by atoms with van der Waals surface area (Å²) < 4.78 is 14.1. The molecule has 6 nitrogen and oxygen atoms in total. The van der Waals surface area contributed by atoms with Gasteiger partial charge in [-0.1, -0.05) is 30.7 Å². The molecule has 0 unspecified atom stereocenters. The van der Waals surface area contributed by atoms with E-state index < -0.39 is 0 Å². The van der Waals surface area contributed by atoms with Crippen molar-refractivity contribution in [2.45, 2.75) is 25.8 Å². The van der Waals surface area contributed by atoms with E-state index in [-0.39, 0.29) is 41.6 Å². The standard InChI is InChI=1S/C24H30FN5O.HI/c1-26-24(30-14-12-29(13-15-30)22-11-3-2-10-21(22)25)27-17-18-6-4-9-20(16-18)28-23(31)19-7-5-8-19;/h2-4,6,9-11,16,19H,5,7-8,12-15,17H2,1H3,(H,26,27)(H,28,31);1H. The zero-order valence-electron chi connectivity index (χ0n) is 18.4. The second-order valence-electron chi connectivity index (χ2n) is 8.14. The van der Waals surface area contributed by atoms with Crippen molar-refractivity contribution in [3.8, 4) is 0 Å². The molecule has 1 aliphatic carbocycles. The fraction of sp³-hybridized carbons (Fsp3) is 0.417. The molecule has 2 aliphatic rings. The van der Waals surface area contributed by atoms with Crippen LogP contribution in [0.5, 0.6) is 0 Å². The molecule has 1 saturated carbocycles. The van der Waals surface area contributed by atoms with Crippen LogP contribution in [0.2, 0.25) is 0 Å². The molecule has 32 heavy (non-hydrogen) atoms. The lowest BCUT2D eigenvalue weighted by molar-refractivity contribution is -0.122. The summed E-state index contributed by atoms with van der Waals surface area (Å²) in [6, 6.07) is 14.9. The van der Waals surface area contributed by atoms with Gasteiger partial charge in [0.25, 0.3) is 0 Å². The van der Waals surface area contributed by atoms with E-state index in [1.165, 1.54) is 6.07 Å². The van der Waals surface area contributed by atoms with Crippen LogP contribution in [0.3, 0.4) is 0 Å². The van der Waals surface area contributed by atoms with Crippen molar-refractivity contribution in [3.05, 3.63) is 59.9 Å². The number of amides is 1. The van der Waals surface area contributed by atoms with E-state index in [0.717, 1.165) is 62.7 Å². The molecule has 0 aromatic heterocycles. The summed E-state index contributed by atoms with van der Waals surface area (Å²) in [6.07, 6.45) is 3.14. The van der Waals surface area contributed by atoms with Gasteiger partial charge in [-0.25, -0.2) is 4.39 Å². The molecule has 1 heterocycles. The number of para-hydroxylation sites is 1. The Morgan fingerprint density at radius 1 is 1.09 bits per heavy atom. The summed E-state index contributed by atoms with van der Waals surface area (Å²) in [4.78, 5) is 20.9. The van der Waals surface area contributed by atoms with Gasteiger partial charge in [-0.15, -0.1) is 24.0 Å². The molecule has 2 aromatic rings. The molecule has 8 heteroatoms. The number of carbonyl (C=O) groups is 1. The molecule has 2 aromatic carbocycles. The highest BCUT2D eigenvalue weighted by Crippen LogP contribution is 2.27. The van der Waals surface area contributed by atoms with Crippen LogP contribution in [0.4, 0.5) is 15.8 Å². The Morgan fingerprint density at radius 3 is 2.50 bits per heavy atom. The summed E-state index contributed by atoms with van der Waals surface area (Å²) in [7, 11) is 1.78. The van der Waals surface area contributed by atoms with Gasteiger partial charge in [0.15, 0.2) is 5.96 Å². The van der Waals surface area contributed by atoms with Crippen LogP contribution in [-0.2, 0) is 11.3 Å². The number of benzene rings is 2. The van der Waals surface area contributed by atoms with Crippen molar-refractivity contribution in [2.24, 2.45) is 10.9 Å². The number of carbonyl (C=O) groups excluding carboxylic acids is 1. The van der Waals surface area contributed by atoms with Gasteiger partial charge in [0.2, 0.25) is 5.91 Å². The van der Waals surface area contributed by atoms with Crippen LogP contribution < -0.4 is 15.5 Å². The molecule has 2 N–H and O–H groups in total. The smallest absolute Gasteiger partial charge is 0.227 e. The third kappa shape index (κ3) is 5.90. The molecule has 1 amide bonds. The Balaban J connectivity index is 0.00000289. The van der Waals surface area contributed by atoms with Crippen LogP contribution in [0.25, 0.3) is 0 Å². The molecule has 1 saturated heterocycles. The minimum absolute atomic E-state index is 0. The normalized spacial score (nSPS) is 16.8. The maximum absolute atomic E-state index is 14.1. The Bertz CT molecular complexity index is 941. The highest BCUT2D eigenvalue weighted by atomic mass is 127. The zero-order valence-corrected chi connectivity index (χ0v) is 20.7. The number of rotatable bonds is 5. The van der Waals surface area contributed by atoms with Crippen molar-refractivity contribution in [1.82, 2.24) is 10.2 Å². The van der Waals surface area contributed by atoms with Gasteiger partial charge in [-0.05, 0) is 42.7 Å². The van der Waals surface area contributed by atoms with Crippen molar-refractivity contribution < 1.29 is 9.18 Å². The van der Waals surface area contributed by atoms with E-state index in [2.05, 4.69) is 25.4 Å². The number of anilines is 2. The number of aliphatic imine (C=N–C) groups is 1. The van der Waals surface area contributed by atoms with E-state index in [1.807, 2.05) is 36.4 Å². The fourth-order valence-corrected chi connectivity index (χ4v) is 4.05. The number of hydrogen-bond acceptors (Lipinski definition) is 3. The van der Waals surface area contributed by atoms with Crippen LogP contribution in [0.15, 0.2) is 53.5 Å². The van der Waals surface area contributed by atoms with Gasteiger partial charge in [0.05, 0.1) is 5.69 Å². The van der Waals surface area contributed by atoms with Gasteiger partial charge in [-0.2, -0.15) is 0 Å². The Morgan fingerprint density at radius 2 is 1.84 bits per heavy atom. The lowest BCUT2D eigenvalue weighted by Crippen LogP contribution is -2.52. The summed E-state index contributed by atoms with van der Waals surface area (Å²) in [5, 5.41) is 6.45. The number of halogens is 2. The Kier molecular flexibility index (Phi) is 8.72. The van der Waals surface area contributed by atoms with E-state index in [0.29, 0.717) is 12.2 Å². The first-order valence-electron chi connectivity index (χ1n) is 11.0. The minimum Gasteiger partial charge on any atom is -0.366 e. The highest BCUT2D eigenvalue weighted by molar-refractivity contribution is 14.0. The molecule has 4 rings (SSSR count). The molecule has 0 radical (unpaired) electrons. The van der Waals surface area contributed by atoms with Crippen LogP contribution in [-0.4, -0.2) is 50.0 Å². The maximum Gasteiger partial charge on any atom is 0.227 e. The first kappa shape index (κ1) is 24.3. The Labute approximate surface area is 206 Å². The van der Waals surface area contributed by atoms with Crippen LogP contribution in [0.1, 0.15) is 24.8 Å². The van der Waals surface area contributed by atoms with Gasteiger partial charge in [-0.3, -0.25) is 9.79 Å². The molecule has 1 aliphatic heterocycles. The molecular formula is C24H31FIN5O. The van der Waals surface area contributed by atoms with Crippen LogP contribution >= 0.6 is 24.0 Å². The van der Waals surface area contributed by atoms with E-state index in [1.54, 1.807) is 13.1 Å². The van der Waals surface area contributed by atoms with Crippen molar-refractivity contribution in [3.63, 3.8) is 0 Å². The van der Waals surface area contributed by atoms with E-state index in [9.17, 15) is 9.18 Å². The number of guanidine groups is 1. The average molecular weight is 551 g/mol. The van der Waals surface area contributed by atoms with E-state index in [4.69, 9.17) is 0 Å². The predicted molar refractivity (Wildman–Crippen MR) is 138 cm³/mol. The predicted octanol–water partition coefficient (Wildman–Crippen LogP) is 4.08. The average Bonchev–Trinajstić information content (AvgIpc) is 2.74. The second-order valence-corrected chi connectivity index (χ2v) is 8.14. The van der Waals surface area contributed by atoms with E-state index >= 15 is 0 Å². The summed E-state index contributed by atoms with van der Waals surface area (Å²) in [6.45, 7) is 3.64. The second kappa shape index (κ2) is 11.5. The largest absolute Gasteiger partial charge is 0.366 e. The highest BCUT2D eigenvalue weighted by Gasteiger charge is 2.25. The number of hydrogen-bond donors (Lipinski definition) is 2. The van der Waals surface area contributed by atoms with Gasteiger partial charge < -0.3 is 20.4 Å². The molecule has 0 spiro atoms. The first-order chi connectivity index (χ1) is 15.1. The van der Waals surface area contributed by atoms with Crippen molar-refractivity contribution in [1.29, 1.82) is 0 Å². The topological polar surface area (TPSA) is 60.0 Å². The number of nitrogens with one attached hydrogen (secondary N) is 2. The number of piperazine rings is 1.